The maximum absolute atomic E-state index is 13.3. The topological polar surface area (TPSA) is 65.7 Å². The molecule has 3 rings (SSSR count). The molecule has 0 aliphatic carbocycles. The zero-order chi connectivity index (χ0) is 23.4. The molecular weight excluding hydrogens is 606 g/mol. The van der Waals surface area contributed by atoms with Crippen molar-refractivity contribution in [1.82, 2.24) is 9.66 Å². The summed E-state index contributed by atoms with van der Waals surface area (Å²) in [6.07, 6.45) is 4.08. The van der Waals surface area contributed by atoms with Crippen LogP contribution in [0.15, 0.2) is 60.2 Å². The van der Waals surface area contributed by atoms with Crippen LogP contribution in [-0.2, 0) is 0 Å². The summed E-state index contributed by atoms with van der Waals surface area (Å²) in [4.78, 5) is 18.0. The van der Waals surface area contributed by atoms with Crippen molar-refractivity contribution in [3.05, 3.63) is 72.1 Å². The molecule has 9 heteroatoms. The van der Waals surface area contributed by atoms with Gasteiger partial charge in [0.2, 0.25) is 0 Å². The summed E-state index contributed by atoms with van der Waals surface area (Å²) in [5.41, 5.74) is 1.13. The first-order valence-electron chi connectivity index (χ1n) is 9.88. The van der Waals surface area contributed by atoms with E-state index in [1.807, 2.05) is 19.1 Å². The molecule has 0 radical (unpaired) electrons. The number of ether oxygens (including phenoxy) is 2. The summed E-state index contributed by atoms with van der Waals surface area (Å²) in [6, 6.07) is 7.26. The zero-order valence-electron chi connectivity index (χ0n) is 17.9. The molecule has 32 heavy (non-hydrogen) atoms. The van der Waals surface area contributed by atoms with Crippen LogP contribution in [0.2, 0.25) is 0 Å². The molecule has 1 heterocycles. The van der Waals surface area contributed by atoms with Gasteiger partial charge in [0.05, 0.1) is 28.7 Å². The third-order valence-corrected chi connectivity index (χ3v) is 7.56. The highest BCUT2D eigenvalue weighted by molar-refractivity contribution is 9.13. The minimum absolute atomic E-state index is 0.0484. The predicted octanol–water partition coefficient (Wildman–Crippen LogP) is 6.65. The van der Waals surface area contributed by atoms with Crippen LogP contribution in [0.5, 0.6) is 11.5 Å². The number of rotatable bonds is 8. The molecular formula is C23H22Br3N3O3. The maximum Gasteiger partial charge on any atom is 0.282 e. The zero-order valence-corrected chi connectivity index (χ0v) is 22.6. The van der Waals surface area contributed by atoms with Crippen LogP contribution < -0.4 is 15.0 Å². The predicted molar refractivity (Wildman–Crippen MR) is 139 cm³/mol. The van der Waals surface area contributed by atoms with E-state index in [1.165, 1.54) is 4.68 Å². The van der Waals surface area contributed by atoms with Gasteiger partial charge in [0.15, 0.2) is 11.5 Å². The van der Waals surface area contributed by atoms with E-state index in [0.29, 0.717) is 44.9 Å². The Kier molecular flexibility index (Phi) is 8.30. The molecule has 168 valence electrons. The molecule has 0 saturated carbocycles. The van der Waals surface area contributed by atoms with Crippen LogP contribution in [0, 0.1) is 0 Å². The summed E-state index contributed by atoms with van der Waals surface area (Å²) in [5.74, 6) is 1.73. The first kappa shape index (κ1) is 24.7. The van der Waals surface area contributed by atoms with Gasteiger partial charge in [0, 0.05) is 20.4 Å². The standard InChI is InChI=1S/C23H22Br3N3O3/c1-5-9-32-21-18(31-4)10-14(19(25)20(21)26)12-27-29-22(13(3)6-2)28-17-8-7-15(24)11-16(17)23(29)30/h5,7-8,10-13H,1,6,9H2,2-4H3/t13-/m0/s1. The van der Waals surface area contributed by atoms with E-state index in [2.05, 4.69) is 66.4 Å². The highest BCUT2D eigenvalue weighted by Gasteiger charge is 2.18. The minimum Gasteiger partial charge on any atom is -0.493 e. The van der Waals surface area contributed by atoms with Gasteiger partial charge in [-0.2, -0.15) is 9.78 Å². The molecule has 0 amide bonds. The summed E-state index contributed by atoms with van der Waals surface area (Å²) in [5, 5.41) is 5.03. The number of halogens is 3. The fraction of sp³-hybridized carbons (Fsp3) is 0.261. The van der Waals surface area contributed by atoms with E-state index in [4.69, 9.17) is 14.5 Å². The van der Waals surface area contributed by atoms with Crippen LogP contribution in [0.1, 0.15) is 37.6 Å². The van der Waals surface area contributed by atoms with Gasteiger partial charge in [-0.3, -0.25) is 4.79 Å². The number of hydrogen-bond donors (Lipinski definition) is 0. The highest BCUT2D eigenvalue weighted by Crippen LogP contribution is 2.42. The van der Waals surface area contributed by atoms with Crippen molar-refractivity contribution in [3.8, 4) is 11.5 Å². The Hall–Kier alpha value is -1.97. The van der Waals surface area contributed by atoms with E-state index in [0.717, 1.165) is 15.4 Å². The third kappa shape index (κ3) is 5.00. The van der Waals surface area contributed by atoms with E-state index in [9.17, 15) is 4.79 Å². The van der Waals surface area contributed by atoms with Crippen molar-refractivity contribution in [2.24, 2.45) is 5.10 Å². The van der Waals surface area contributed by atoms with E-state index >= 15 is 0 Å². The minimum atomic E-state index is -0.226. The molecule has 1 aromatic heterocycles. The fourth-order valence-corrected chi connectivity index (χ4v) is 4.32. The summed E-state index contributed by atoms with van der Waals surface area (Å²) in [7, 11) is 1.56. The SMILES string of the molecule is C=CCOc1c(OC)cc(C=Nn2c([C@@H](C)CC)nc3ccc(Br)cc3c2=O)c(Br)c1Br. The van der Waals surface area contributed by atoms with Gasteiger partial charge in [-0.25, -0.2) is 4.98 Å². The molecule has 0 fully saturated rings. The largest absolute Gasteiger partial charge is 0.493 e. The third-order valence-electron chi connectivity index (χ3n) is 4.92. The Bertz CT molecular complexity index is 1250. The Morgan fingerprint density at radius 1 is 1.25 bits per heavy atom. The lowest BCUT2D eigenvalue weighted by molar-refractivity contribution is 0.324. The second-order valence-corrected chi connectivity index (χ2v) is 9.53. The van der Waals surface area contributed by atoms with E-state index < -0.39 is 0 Å². The van der Waals surface area contributed by atoms with Crippen molar-refractivity contribution in [2.75, 3.05) is 13.7 Å². The van der Waals surface area contributed by atoms with Crippen molar-refractivity contribution in [1.29, 1.82) is 0 Å². The van der Waals surface area contributed by atoms with Gasteiger partial charge in [-0.05, 0) is 62.5 Å². The number of hydrogen-bond acceptors (Lipinski definition) is 5. The van der Waals surface area contributed by atoms with Crippen molar-refractivity contribution in [2.45, 2.75) is 26.2 Å². The lowest BCUT2D eigenvalue weighted by Crippen LogP contribution is -2.23. The molecule has 3 aromatic rings. The molecule has 0 bridgehead atoms. The fourth-order valence-electron chi connectivity index (χ4n) is 3.03. The van der Waals surface area contributed by atoms with Crippen LogP contribution in [0.25, 0.3) is 10.9 Å². The molecule has 6 nitrogen and oxygen atoms in total. The normalized spacial score (nSPS) is 12.3. The number of methoxy groups -OCH3 is 1. The van der Waals surface area contributed by atoms with Gasteiger partial charge in [-0.1, -0.05) is 42.4 Å². The molecule has 0 aliphatic rings. The van der Waals surface area contributed by atoms with Gasteiger partial charge in [-0.15, -0.1) is 0 Å². The smallest absolute Gasteiger partial charge is 0.282 e. The van der Waals surface area contributed by atoms with Crippen molar-refractivity contribution in [3.63, 3.8) is 0 Å². The van der Waals surface area contributed by atoms with E-state index in [-0.39, 0.29) is 11.5 Å². The summed E-state index contributed by atoms with van der Waals surface area (Å²) < 4.78 is 14.8. The number of fused-ring (bicyclic) bond motifs is 1. The number of benzene rings is 2. The Morgan fingerprint density at radius 2 is 2.00 bits per heavy atom. The van der Waals surface area contributed by atoms with Crippen molar-refractivity contribution < 1.29 is 9.47 Å². The van der Waals surface area contributed by atoms with Crippen LogP contribution in [0.3, 0.4) is 0 Å². The molecule has 2 aromatic carbocycles. The average molecular weight is 628 g/mol. The molecule has 0 N–H and O–H groups in total. The van der Waals surface area contributed by atoms with Crippen LogP contribution >= 0.6 is 47.8 Å². The average Bonchev–Trinajstić information content (AvgIpc) is 2.79. The second kappa shape index (κ2) is 10.8. The van der Waals surface area contributed by atoms with Gasteiger partial charge < -0.3 is 9.47 Å². The molecule has 0 saturated heterocycles. The van der Waals surface area contributed by atoms with E-state index in [1.54, 1.807) is 31.5 Å². The lowest BCUT2D eigenvalue weighted by Gasteiger charge is -2.15. The van der Waals surface area contributed by atoms with Crippen LogP contribution in [-0.4, -0.2) is 29.6 Å². The van der Waals surface area contributed by atoms with Gasteiger partial charge in [0.1, 0.15) is 12.4 Å². The summed E-state index contributed by atoms with van der Waals surface area (Å²) >= 11 is 10.6. The summed E-state index contributed by atoms with van der Waals surface area (Å²) in [6.45, 7) is 8.09. The first-order chi connectivity index (χ1) is 15.3. The second-order valence-electron chi connectivity index (χ2n) is 7.03. The maximum atomic E-state index is 13.3. The monoisotopic (exact) mass is 625 g/mol. The quantitative estimate of drug-likeness (QED) is 0.207. The number of nitrogens with zero attached hydrogens (tertiary/aromatic N) is 3. The van der Waals surface area contributed by atoms with Gasteiger partial charge in [0.25, 0.3) is 5.56 Å². The molecule has 0 aliphatic heterocycles. The Labute approximate surface area is 211 Å². The molecule has 0 spiro atoms. The first-order valence-corrected chi connectivity index (χ1v) is 12.3. The lowest BCUT2D eigenvalue weighted by atomic mass is 10.1. The highest BCUT2D eigenvalue weighted by atomic mass is 79.9. The van der Waals surface area contributed by atoms with Crippen LogP contribution in [0.4, 0.5) is 0 Å². The van der Waals surface area contributed by atoms with Crippen molar-refractivity contribution >= 4 is 64.9 Å². The molecule has 1 atom stereocenters. The van der Waals surface area contributed by atoms with Gasteiger partial charge >= 0.3 is 0 Å². The number of aromatic nitrogens is 2. The Morgan fingerprint density at radius 3 is 2.66 bits per heavy atom. The Balaban J connectivity index is 2.17. The molecule has 0 unspecified atom stereocenters.